The van der Waals surface area contributed by atoms with Crippen LogP contribution in [0.4, 0.5) is 0 Å². The van der Waals surface area contributed by atoms with Crippen molar-refractivity contribution < 1.29 is 24.5 Å². The lowest BCUT2D eigenvalue weighted by atomic mass is 10.2. The van der Waals surface area contributed by atoms with E-state index in [1.165, 1.54) is 0 Å². The number of hydrogen-bond donors (Lipinski definition) is 3. The minimum Gasteiger partial charge on any atom is -0.504 e. The summed E-state index contributed by atoms with van der Waals surface area (Å²) in [5, 5.41) is 26.8. The van der Waals surface area contributed by atoms with Gasteiger partial charge in [-0.25, -0.2) is 0 Å². The van der Waals surface area contributed by atoms with Crippen LogP contribution in [0.25, 0.3) is 11.2 Å². The van der Waals surface area contributed by atoms with Crippen molar-refractivity contribution >= 4 is 11.2 Å². The van der Waals surface area contributed by atoms with Gasteiger partial charge >= 0.3 is 0 Å². The molecular weight excluding hydrogens is 152 g/mol. The van der Waals surface area contributed by atoms with Gasteiger partial charge in [0.2, 0.25) is 17.1 Å². The second-order valence-electron chi connectivity index (χ2n) is 2.09. The molecule has 0 aliphatic carbocycles. The van der Waals surface area contributed by atoms with Gasteiger partial charge < -0.3 is 15.3 Å². The van der Waals surface area contributed by atoms with Gasteiger partial charge in [-0.3, -0.25) is 9.15 Å². The zero-order valence-electron chi connectivity index (χ0n) is 5.24. The fraction of sp³-hybridized carbons (Fsp3) is 0. The van der Waals surface area contributed by atoms with Crippen molar-refractivity contribution in [3.05, 3.63) is 6.07 Å². The van der Waals surface area contributed by atoms with Crippen LogP contribution in [0.3, 0.4) is 0 Å². The maximum Gasteiger partial charge on any atom is 0.271 e. The van der Waals surface area contributed by atoms with Crippen molar-refractivity contribution in [3.63, 3.8) is 0 Å². The monoisotopic (exact) mass is 156 g/mol. The minimum atomic E-state index is -0.605. The lowest BCUT2D eigenvalue weighted by Crippen LogP contribution is -1.78. The normalized spacial score (nSPS) is 10.9. The van der Waals surface area contributed by atoms with E-state index >= 15 is 0 Å². The van der Waals surface area contributed by atoms with Crippen molar-refractivity contribution in [1.82, 2.24) is 0 Å². The summed E-state index contributed by atoms with van der Waals surface area (Å²) in [6.07, 6.45) is 0. The third-order valence-electron chi connectivity index (χ3n) is 1.39. The molecule has 0 unspecified atom stereocenters. The predicted octanol–water partition coefficient (Wildman–Crippen LogP) is 1.14. The third-order valence-corrected chi connectivity index (χ3v) is 1.39. The van der Waals surface area contributed by atoms with Gasteiger partial charge in [-0.15, -0.1) is 0 Å². The van der Waals surface area contributed by atoms with E-state index in [2.05, 4.69) is 9.15 Å². The molecule has 11 heavy (non-hydrogen) atoms. The second-order valence-corrected chi connectivity index (χ2v) is 2.09. The van der Waals surface area contributed by atoms with Crippen molar-refractivity contribution in [2.45, 2.75) is 0 Å². The molecule has 2 aromatic rings. The highest BCUT2D eigenvalue weighted by Gasteiger charge is 2.18. The standard InChI is InChI=1S/C6H4O5/c7-2-1-3-6(11-10-3)5(9)4(2)8/h1,7-9H. The lowest BCUT2D eigenvalue weighted by molar-refractivity contribution is 0.0557. The Morgan fingerprint density at radius 2 is 1.73 bits per heavy atom. The maximum atomic E-state index is 9.00. The summed E-state index contributed by atoms with van der Waals surface area (Å²) < 4.78 is 8.68. The molecule has 2 rings (SSSR count). The summed E-state index contributed by atoms with van der Waals surface area (Å²) in [7, 11) is 0. The molecule has 0 saturated carbocycles. The van der Waals surface area contributed by atoms with Crippen LogP contribution in [0.5, 0.6) is 17.2 Å². The molecule has 0 aliphatic heterocycles. The van der Waals surface area contributed by atoms with Gasteiger partial charge in [0.1, 0.15) is 0 Å². The molecule has 0 saturated heterocycles. The first-order valence-electron chi connectivity index (χ1n) is 2.82. The fourth-order valence-electron chi connectivity index (χ4n) is 0.799. The number of phenolic OH excluding ortho intramolecular Hbond substituents is 3. The Morgan fingerprint density at radius 1 is 1.00 bits per heavy atom. The van der Waals surface area contributed by atoms with Gasteiger partial charge in [0, 0.05) is 6.07 Å². The van der Waals surface area contributed by atoms with E-state index in [1.807, 2.05) is 0 Å². The number of rotatable bonds is 0. The highest BCUT2D eigenvalue weighted by Crippen LogP contribution is 2.42. The SMILES string of the molecule is Oc1cc2ooc2c(O)c1O. The van der Waals surface area contributed by atoms with Crippen LogP contribution in [-0.2, 0) is 0 Å². The first-order chi connectivity index (χ1) is 5.20. The zero-order valence-corrected chi connectivity index (χ0v) is 5.24. The quantitative estimate of drug-likeness (QED) is 0.393. The van der Waals surface area contributed by atoms with E-state index in [9.17, 15) is 0 Å². The molecular formula is C6H4O5. The number of phenols is 3. The summed E-state index contributed by atoms with van der Waals surface area (Å²) >= 11 is 0. The largest absolute Gasteiger partial charge is 0.504 e. The third kappa shape index (κ3) is 0.590. The highest BCUT2D eigenvalue weighted by molar-refractivity contribution is 5.83. The molecule has 0 fully saturated rings. The summed E-state index contributed by atoms with van der Waals surface area (Å²) in [6.45, 7) is 0. The Balaban J connectivity index is 2.86. The highest BCUT2D eigenvalue weighted by atomic mass is 17.0. The first kappa shape index (κ1) is 5.96. The van der Waals surface area contributed by atoms with Crippen LogP contribution < -0.4 is 0 Å². The molecule has 0 aliphatic rings. The lowest BCUT2D eigenvalue weighted by Gasteiger charge is -2.03. The van der Waals surface area contributed by atoms with Gasteiger partial charge in [0.15, 0.2) is 5.75 Å². The number of hydrogen-bond acceptors (Lipinski definition) is 5. The van der Waals surface area contributed by atoms with Crippen LogP contribution in [0, 0.1) is 0 Å². The second kappa shape index (κ2) is 1.63. The molecule has 0 spiro atoms. The molecule has 0 atom stereocenters. The smallest absolute Gasteiger partial charge is 0.271 e. The zero-order chi connectivity index (χ0) is 8.01. The summed E-state index contributed by atoms with van der Waals surface area (Å²) in [6, 6.07) is 1.15. The fourth-order valence-corrected chi connectivity index (χ4v) is 0.799. The van der Waals surface area contributed by atoms with Crippen LogP contribution >= 0.6 is 0 Å². The average molecular weight is 156 g/mol. The van der Waals surface area contributed by atoms with Gasteiger partial charge in [0.05, 0.1) is 0 Å². The molecule has 1 aromatic carbocycles. The Kier molecular flexibility index (Phi) is 0.883. The molecule has 0 amide bonds. The van der Waals surface area contributed by atoms with Gasteiger partial charge in [-0.1, -0.05) is 0 Å². The summed E-state index contributed by atoms with van der Waals surface area (Å²) in [5.74, 6) is -1.55. The van der Waals surface area contributed by atoms with Gasteiger partial charge in [-0.05, 0) is 0 Å². The van der Waals surface area contributed by atoms with Gasteiger partial charge in [-0.2, -0.15) is 0 Å². The van der Waals surface area contributed by atoms with Crippen LogP contribution in [0.1, 0.15) is 0 Å². The van der Waals surface area contributed by atoms with Crippen LogP contribution in [-0.4, -0.2) is 15.3 Å². The van der Waals surface area contributed by atoms with E-state index in [1.54, 1.807) is 0 Å². The van der Waals surface area contributed by atoms with Crippen molar-refractivity contribution in [3.8, 4) is 17.2 Å². The van der Waals surface area contributed by atoms with Crippen molar-refractivity contribution in [1.29, 1.82) is 0 Å². The van der Waals surface area contributed by atoms with E-state index in [0.29, 0.717) is 0 Å². The van der Waals surface area contributed by atoms with E-state index in [-0.39, 0.29) is 11.2 Å². The number of fused-ring (bicyclic) bond motifs is 1. The van der Waals surface area contributed by atoms with Crippen LogP contribution in [0.2, 0.25) is 0 Å². The Bertz CT molecular complexity index is 396. The topological polar surface area (TPSA) is 87.0 Å². The predicted molar refractivity (Wildman–Crippen MR) is 33.5 cm³/mol. The maximum absolute atomic E-state index is 9.00. The van der Waals surface area contributed by atoms with Crippen LogP contribution in [0.15, 0.2) is 15.2 Å². The van der Waals surface area contributed by atoms with Crippen molar-refractivity contribution in [2.24, 2.45) is 0 Å². The molecule has 5 nitrogen and oxygen atoms in total. The Morgan fingerprint density at radius 3 is 2.27 bits per heavy atom. The summed E-state index contributed by atoms with van der Waals surface area (Å²) in [5.41, 5.74) is 0.248. The number of benzene rings is 1. The van der Waals surface area contributed by atoms with E-state index in [4.69, 9.17) is 15.3 Å². The first-order valence-corrected chi connectivity index (χ1v) is 2.82. The minimum absolute atomic E-state index is 0.0419. The van der Waals surface area contributed by atoms with E-state index in [0.717, 1.165) is 6.07 Å². The molecule has 3 N–H and O–H groups in total. The molecule has 1 heterocycles. The molecule has 58 valence electrons. The summed E-state index contributed by atoms with van der Waals surface area (Å²) in [4.78, 5) is 0. The molecule has 0 bridgehead atoms. The van der Waals surface area contributed by atoms with E-state index < -0.39 is 17.2 Å². The average Bonchev–Trinajstić information content (AvgIpc) is 1.93. The van der Waals surface area contributed by atoms with Crippen molar-refractivity contribution in [2.75, 3.05) is 0 Å². The number of aromatic hydroxyl groups is 3. The Labute approximate surface area is 60.0 Å². The molecule has 0 radical (unpaired) electrons. The Hall–Kier alpha value is -1.78. The molecule has 1 aromatic heterocycles. The van der Waals surface area contributed by atoms with Gasteiger partial charge in [0.25, 0.3) is 5.58 Å². The molecule has 5 heteroatoms.